The van der Waals surface area contributed by atoms with Crippen LogP contribution in [0.5, 0.6) is 0 Å². The Kier molecular flexibility index (Phi) is 6.05. The van der Waals surface area contributed by atoms with Crippen molar-refractivity contribution in [3.8, 4) is 11.3 Å². The molecule has 6 nitrogen and oxygen atoms in total. The van der Waals surface area contributed by atoms with E-state index in [-0.39, 0.29) is 6.03 Å². The minimum Gasteiger partial charge on any atom is -0.405 e. The van der Waals surface area contributed by atoms with E-state index < -0.39 is 0 Å². The average molecular weight is 371 g/mol. The van der Waals surface area contributed by atoms with Gasteiger partial charge in [0, 0.05) is 28.7 Å². The first-order chi connectivity index (χ1) is 13.7. The van der Waals surface area contributed by atoms with Gasteiger partial charge in [-0.2, -0.15) is 5.10 Å². The fraction of sp³-hybridized carbons (Fsp3) is 0. The van der Waals surface area contributed by atoms with Crippen molar-refractivity contribution in [2.75, 3.05) is 10.6 Å². The maximum atomic E-state index is 12.2. The number of aromatic nitrogens is 2. The lowest BCUT2D eigenvalue weighted by molar-refractivity contribution is 0.262. The Bertz CT molecular complexity index is 1020. The zero-order valence-corrected chi connectivity index (χ0v) is 15.2. The molecule has 28 heavy (non-hydrogen) atoms. The number of nitrogens with two attached hydrogens (primary N) is 1. The molecule has 0 saturated carbocycles. The Labute approximate surface area is 163 Å². The SMILES string of the molecule is C=C/C=C(\C=C/N)c1c[nH]nc1-c1cccc(NC(=O)Nc2ccccc2)c1. The molecule has 3 rings (SSSR count). The maximum absolute atomic E-state index is 12.2. The number of nitrogens with zero attached hydrogens (tertiary/aromatic N) is 1. The summed E-state index contributed by atoms with van der Waals surface area (Å²) < 4.78 is 0. The molecule has 0 aliphatic carbocycles. The Morgan fingerprint density at radius 2 is 1.82 bits per heavy atom. The predicted molar refractivity (Wildman–Crippen MR) is 115 cm³/mol. The number of aromatic amines is 1. The molecule has 0 radical (unpaired) electrons. The van der Waals surface area contributed by atoms with Gasteiger partial charge in [-0.1, -0.05) is 49.1 Å². The van der Waals surface area contributed by atoms with Crippen LogP contribution in [0.25, 0.3) is 16.8 Å². The van der Waals surface area contributed by atoms with Crippen molar-refractivity contribution in [3.63, 3.8) is 0 Å². The van der Waals surface area contributed by atoms with Gasteiger partial charge in [0.15, 0.2) is 0 Å². The van der Waals surface area contributed by atoms with Gasteiger partial charge in [-0.15, -0.1) is 0 Å². The molecule has 0 aliphatic heterocycles. The number of allylic oxidation sites excluding steroid dienone is 4. The normalized spacial score (nSPS) is 11.4. The van der Waals surface area contributed by atoms with E-state index in [9.17, 15) is 4.79 Å². The second kappa shape index (κ2) is 9.05. The fourth-order valence-electron chi connectivity index (χ4n) is 2.75. The van der Waals surface area contributed by atoms with Gasteiger partial charge in [0.1, 0.15) is 0 Å². The van der Waals surface area contributed by atoms with Gasteiger partial charge >= 0.3 is 6.03 Å². The molecule has 0 unspecified atom stereocenters. The summed E-state index contributed by atoms with van der Waals surface area (Å²) >= 11 is 0. The number of hydrogen-bond donors (Lipinski definition) is 4. The molecule has 1 aromatic heterocycles. The molecule has 140 valence electrons. The Morgan fingerprint density at radius 3 is 2.57 bits per heavy atom. The molecule has 6 heteroatoms. The van der Waals surface area contributed by atoms with Gasteiger partial charge in [0.05, 0.1) is 5.69 Å². The molecule has 2 amide bonds. The van der Waals surface area contributed by atoms with Crippen molar-refractivity contribution in [1.29, 1.82) is 0 Å². The van der Waals surface area contributed by atoms with E-state index >= 15 is 0 Å². The summed E-state index contributed by atoms with van der Waals surface area (Å²) in [5.41, 5.74) is 10.3. The molecule has 0 atom stereocenters. The van der Waals surface area contributed by atoms with Crippen molar-refractivity contribution in [2.24, 2.45) is 5.73 Å². The Hall–Kier alpha value is -4.06. The van der Waals surface area contributed by atoms with Crippen molar-refractivity contribution >= 4 is 23.0 Å². The number of anilines is 2. The van der Waals surface area contributed by atoms with E-state index in [1.807, 2.05) is 60.7 Å². The summed E-state index contributed by atoms with van der Waals surface area (Å²) in [6, 6.07) is 16.4. The van der Waals surface area contributed by atoms with E-state index in [2.05, 4.69) is 27.4 Å². The summed E-state index contributed by atoms with van der Waals surface area (Å²) in [5.74, 6) is 0. The van der Waals surface area contributed by atoms with Crippen LogP contribution >= 0.6 is 0 Å². The first kappa shape index (κ1) is 18.7. The lowest BCUT2D eigenvalue weighted by atomic mass is 10.0. The largest absolute Gasteiger partial charge is 0.405 e. The highest BCUT2D eigenvalue weighted by molar-refractivity contribution is 6.00. The number of nitrogens with one attached hydrogen (secondary N) is 3. The highest BCUT2D eigenvalue weighted by Gasteiger charge is 2.12. The number of amides is 2. The third-order valence-electron chi connectivity index (χ3n) is 3.95. The number of rotatable bonds is 6. The first-order valence-electron chi connectivity index (χ1n) is 8.70. The summed E-state index contributed by atoms with van der Waals surface area (Å²) in [5, 5.41) is 12.9. The van der Waals surface area contributed by atoms with Crippen LogP contribution in [-0.2, 0) is 0 Å². The predicted octanol–water partition coefficient (Wildman–Crippen LogP) is 4.76. The Morgan fingerprint density at radius 1 is 1.07 bits per heavy atom. The maximum Gasteiger partial charge on any atom is 0.323 e. The molecule has 3 aromatic rings. The highest BCUT2D eigenvalue weighted by Crippen LogP contribution is 2.29. The van der Waals surface area contributed by atoms with Crippen LogP contribution in [0.4, 0.5) is 16.2 Å². The molecule has 5 N–H and O–H groups in total. The van der Waals surface area contributed by atoms with Gasteiger partial charge < -0.3 is 16.4 Å². The molecular weight excluding hydrogens is 350 g/mol. The first-order valence-corrected chi connectivity index (χ1v) is 8.70. The van der Waals surface area contributed by atoms with Crippen LogP contribution in [0.3, 0.4) is 0 Å². The highest BCUT2D eigenvalue weighted by atomic mass is 16.2. The molecule has 0 saturated heterocycles. The van der Waals surface area contributed by atoms with Crippen molar-refractivity contribution < 1.29 is 4.79 Å². The number of hydrogen-bond acceptors (Lipinski definition) is 3. The van der Waals surface area contributed by atoms with E-state index in [0.29, 0.717) is 5.69 Å². The molecule has 0 aliphatic rings. The topological polar surface area (TPSA) is 95.8 Å². The minimum absolute atomic E-state index is 0.316. The van der Waals surface area contributed by atoms with Crippen LogP contribution in [0.1, 0.15) is 5.56 Å². The summed E-state index contributed by atoms with van der Waals surface area (Å²) in [6.07, 6.45) is 8.60. The van der Waals surface area contributed by atoms with Crippen molar-refractivity contribution in [1.82, 2.24) is 10.2 Å². The summed E-state index contributed by atoms with van der Waals surface area (Å²) in [6.45, 7) is 3.74. The molecule has 0 spiro atoms. The molecule has 2 aromatic carbocycles. The van der Waals surface area contributed by atoms with Crippen LogP contribution in [0.2, 0.25) is 0 Å². The van der Waals surface area contributed by atoms with Crippen molar-refractivity contribution in [2.45, 2.75) is 0 Å². The van der Waals surface area contributed by atoms with Crippen LogP contribution in [-0.4, -0.2) is 16.2 Å². The van der Waals surface area contributed by atoms with Crippen LogP contribution in [0.15, 0.2) is 91.8 Å². The van der Waals surface area contributed by atoms with E-state index in [1.165, 1.54) is 6.20 Å². The van der Waals surface area contributed by atoms with Gasteiger partial charge in [-0.3, -0.25) is 5.10 Å². The number of H-pyrrole nitrogens is 1. The molecular formula is C22H21N5O. The number of urea groups is 1. The average Bonchev–Trinajstić information content (AvgIpc) is 3.18. The minimum atomic E-state index is -0.316. The standard InChI is InChI=1S/C22H21N5O/c1-2-7-16(12-13-23)20-15-24-27-21(20)17-8-6-11-19(14-17)26-22(28)25-18-9-4-3-5-10-18/h2-15H,1,23H2,(H,24,27)(H2,25,26,28)/b13-12-,16-7+. The lowest BCUT2D eigenvalue weighted by Crippen LogP contribution is -2.19. The Balaban J connectivity index is 1.83. The second-order valence-electron chi connectivity index (χ2n) is 5.89. The summed E-state index contributed by atoms with van der Waals surface area (Å²) in [4.78, 5) is 12.2. The molecule has 0 bridgehead atoms. The van der Waals surface area contributed by atoms with Crippen molar-refractivity contribution in [3.05, 3.63) is 97.4 Å². The van der Waals surface area contributed by atoms with Gasteiger partial charge in [0.25, 0.3) is 0 Å². The fourth-order valence-corrected chi connectivity index (χ4v) is 2.75. The molecule has 1 heterocycles. The second-order valence-corrected chi connectivity index (χ2v) is 5.89. The monoisotopic (exact) mass is 371 g/mol. The van der Waals surface area contributed by atoms with E-state index in [4.69, 9.17) is 5.73 Å². The number of benzene rings is 2. The van der Waals surface area contributed by atoms with E-state index in [1.54, 1.807) is 18.3 Å². The van der Waals surface area contributed by atoms with Crippen LogP contribution < -0.4 is 16.4 Å². The van der Waals surface area contributed by atoms with Gasteiger partial charge in [-0.25, -0.2) is 4.79 Å². The van der Waals surface area contributed by atoms with E-state index in [0.717, 1.165) is 28.1 Å². The van der Waals surface area contributed by atoms with Gasteiger partial charge in [-0.05, 0) is 42.1 Å². The smallest absolute Gasteiger partial charge is 0.323 e. The molecule has 0 fully saturated rings. The number of para-hydroxylation sites is 1. The third-order valence-corrected chi connectivity index (χ3v) is 3.95. The zero-order valence-electron chi connectivity index (χ0n) is 15.2. The lowest BCUT2D eigenvalue weighted by Gasteiger charge is -2.09. The number of carbonyl (C=O) groups excluding carboxylic acids is 1. The summed E-state index contributed by atoms with van der Waals surface area (Å²) in [7, 11) is 0. The third kappa shape index (κ3) is 4.56. The van der Waals surface area contributed by atoms with Gasteiger partial charge in [0.2, 0.25) is 0 Å². The van der Waals surface area contributed by atoms with Crippen LogP contribution in [0, 0.1) is 0 Å². The number of carbonyl (C=O) groups is 1. The quantitative estimate of drug-likeness (QED) is 0.470. The zero-order chi connectivity index (χ0) is 19.8.